The highest BCUT2D eigenvalue weighted by atomic mass is 32.2. The lowest BCUT2D eigenvalue weighted by Gasteiger charge is -2.44. The average Bonchev–Trinajstić information content (AvgIpc) is 2.62. The summed E-state index contributed by atoms with van der Waals surface area (Å²) >= 11 is 0. The van der Waals surface area contributed by atoms with Crippen molar-refractivity contribution in [2.75, 3.05) is 6.61 Å². The van der Waals surface area contributed by atoms with Crippen LogP contribution in [0.15, 0.2) is 11.1 Å². The van der Waals surface area contributed by atoms with Crippen LogP contribution in [0.25, 0.3) is 0 Å². The second-order valence-corrected chi connectivity index (χ2v) is 7.51. The first kappa shape index (κ1) is 17.8. The average molecular weight is 354 g/mol. The molecule has 0 aromatic carbocycles. The zero-order valence-corrected chi connectivity index (χ0v) is 13.6. The lowest BCUT2D eigenvalue weighted by Crippen LogP contribution is -2.60. The summed E-state index contributed by atoms with van der Waals surface area (Å²) in [7, 11) is -3.11. The fraction of sp³-hybridized carbons (Fsp3) is 0.615. The SMILES string of the molecule is CCOC(=O)c1c(F)c(S(=O)(=O)NC2(C)CC(F)(F)C2)cn1C. The number of ether oxygens (including phenoxy) is 1. The lowest BCUT2D eigenvalue weighted by atomic mass is 9.76. The highest BCUT2D eigenvalue weighted by molar-refractivity contribution is 7.89. The Morgan fingerprint density at radius 3 is 2.48 bits per heavy atom. The molecule has 1 aromatic rings. The second-order valence-electron chi connectivity index (χ2n) is 5.86. The molecule has 0 radical (unpaired) electrons. The lowest BCUT2D eigenvalue weighted by molar-refractivity contribution is -0.121. The fourth-order valence-electron chi connectivity index (χ4n) is 2.73. The summed E-state index contributed by atoms with van der Waals surface area (Å²) in [5.74, 6) is -5.22. The van der Waals surface area contributed by atoms with Crippen LogP contribution in [0, 0.1) is 5.82 Å². The van der Waals surface area contributed by atoms with Gasteiger partial charge in [-0.1, -0.05) is 0 Å². The molecule has 1 saturated carbocycles. The van der Waals surface area contributed by atoms with Crippen LogP contribution in [0.1, 0.15) is 37.2 Å². The van der Waals surface area contributed by atoms with Gasteiger partial charge < -0.3 is 9.30 Å². The fourth-order valence-corrected chi connectivity index (χ4v) is 4.26. The molecule has 2 rings (SSSR count). The maximum absolute atomic E-state index is 14.3. The zero-order chi connectivity index (χ0) is 17.6. The molecular weight excluding hydrogens is 337 g/mol. The van der Waals surface area contributed by atoms with Gasteiger partial charge in [0.05, 0.1) is 6.61 Å². The number of alkyl halides is 2. The summed E-state index contributed by atoms with van der Waals surface area (Å²) in [4.78, 5) is 10.9. The third-order valence-electron chi connectivity index (χ3n) is 3.52. The van der Waals surface area contributed by atoms with E-state index in [2.05, 4.69) is 9.46 Å². The number of carbonyl (C=O) groups is 1. The topological polar surface area (TPSA) is 77.4 Å². The van der Waals surface area contributed by atoms with E-state index in [1.807, 2.05) is 0 Å². The van der Waals surface area contributed by atoms with Crippen molar-refractivity contribution < 1.29 is 31.1 Å². The third kappa shape index (κ3) is 3.37. The van der Waals surface area contributed by atoms with Gasteiger partial charge in [0.1, 0.15) is 4.90 Å². The number of sulfonamides is 1. The van der Waals surface area contributed by atoms with E-state index in [1.54, 1.807) is 0 Å². The molecule has 1 aliphatic carbocycles. The van der Waals surface area contributed by atoms with Crippen LogP contribution in [0.5, 0.6) is 0 Å². The van der Waals surface area contributed by atoms with Crippen LogP contribution in [-0.4, -0.2) is 37.0 Å². The highest BCUT2D eigenvalue weighted by Gasteiger charge is 2.55. The van der Waals surface area contributed by atoms with Gasteiger partial charge in [-0.2, -0.15) is 0 Å². The van der Waals surface area contributed by atoms with Crippen molar-refractivity contribution in [2.24, 2.45) is 7.05 Å². The van der Waals surface area contributed by atoms with E-state index in [1.165, 1.54) is 20.9 Å². The minimum absolute atomic E-state index is 0.00304. The number of rotatable bonds is 5. The first-order valence-corrected chi connectivity index (χ1v) is 8.33. The Morgan fingerprint density at radius 2 is 2.00 bits per heavy atom. The number of nitrogens with one attached hydrogen (secondary N) is 1. The number of halogens is 3. The Hall–Kier alpha value is -1.55. The van der Waals surface area contributed by atoms with Crippen LogP contribution < -0.4 is 4.72 Å². The Morgan fingerprint density at radius 1 is 1.43 bits per heavy atom. The molecule has 1 aromatic heterocycles. The van der Waals surface area contributed by atoms with E-state index in [0.717, 1.165) is 10.8 Å². The minimum atomic E-state index is -4.40. The van der Waals surface area contributed by atoms with E-state index < -0.39 is 56.7 Å². The highest BCUT2D eigenvalue weighted by Crippen LogP contribution is 2.46. The molecular formula is C13H17F3N2O4S. The number of carbonyl (C=O) groups excluding carboxylic acids is 1. The summed E-state index contributed by atoms with van der Waals surface area (Å²) in [6.45, 7) is 2.83. The van der Waals surface area contributed by atoms with Crippen LogP contribution >= 0.6 is 0 Å². The van der Waals surface area contributed by atoms with Gasteiger partial charge in [0.25, 0.3) is 5.92 Å². The molecule has 10 heteroatoms. The van der Waals surface area contributed by atoms with E-state index in [-0.39, 0.29) is 6.61 Å². The van der Waals surface area contributed by atoms with Gasteiger partial charge in [-0.05, 0) is 13.8 Å². The van der Waals surface area contributed by atoms with Crippen molar-refractivity contribution in [1.82, 2.24) is 9.29 Å². The first-order valence-electron chi connectivity index (χ1n) is 6.84. The van der Waals surface area contributed by atoms with Crippen molar-refractivity contribution in [1.29, 1.82) is 0 Å². The van der Waals surface area contributed by atoms with Crippen LogP contribution in [0.2, 0.25) is 0 Å². The minimum Gasteiger partial charge on any atom is -0.461 e. The number of aryl methyl sites for hydroxylation is 1. The number of hydrogen-bond acceptors (Lipinski definition) is 4. The van der Waals surface area contributed by atoms with Gasteiger partial charge in [0.15, 0.2) is 11.5 Å². The summed E-state index contributed by atoms with van der Waals surface area (Å²) in [5, 5.41) is 0. The van der Waals surface area contributed by atoms with Gasteiger partial charge in [0, 0.05) is 31.6 Å². The Balaban J connectivity index is 2.31. The Labute approximate surface area is 131 Å². The number of hydrogen-bond donors (Lipinski definition) is 1. The summed E-state index contributed by atoms with van der Waals surface area (Å²) in [6.07, 6.45) is -0.430. The van der Waals surface area contributed by atoms with Crippen LogP contribution in [0.3, 0.4) is 0 Å². The molecule has 130 valence electrons. The molecule has 1 heterocycles. The second kappa shape index (κ2) is 5.52. The summed E-state index contributed by atoms with van der Waals surface area (Å²) in [6, 6.07) is 0. The third-order valence-corrected chi connectivity index (χ3v) is 5.15. The van der Waals surface area contributed by atoms with Crippen molar-refractivity contribution in [3.8, 4) is 0 Å². The predicted molar refractivity (Wildman–Crippen MR) is 74.2 cm³/mol. The van der Waals surface area contributed by atoms with Gasteiger partial charge in [0.2, 0.25) is 10.0 Å². The normalized spacial score (nSPS) is 19.2. The smallest absolute Gasteiger partial charge is 0.358 e. The van der Waals surface area contributed by atoms with Crippen LogP contribution in [0.4, 0.5) is 13.2 Å². The maximum atomic E-state index is 14.3. The Bertz CT molecular complexity index is 735. The maximum Gasteiger partial charge on any atom is 0.358 e. The molecule has 0 aliphatic heterocycles. The van der Waals surface area contributed by atoms with E-state index >= 15 is 0 Å². The summed E-state index contributed by atoms with van der Waals surface area (Å²) in [5.41, 5.74) is -1.90. The van der Waals surface area contributed by atoms with E-state index in [4.69, 9.17) is 0 Å². The molecule has 0 unspecified atom stereocenters. The quantitative estimate of drug-likeness (QED) is 0.818. The van der Waals surface area contributed by atoms with Crippen LogP contribution in [-0.2, 0) is 21.8 Å². The van der Waals surface area contributed by atoms with Crippen molar-refractivity contribution in [3.63, 3.8) is 0 Å². The molecule has 1 aliphatic rings. The molecule has 0 spiro atoms. The van der Waals surface area contributed by atoms with Crippen molar-refractivity contribution >= 4 is 16.0 Å². The van der Waals surface area contributed by atoms with E-state index in [9.17, 15) is 26.4 Å². The molecule has 0 saturated heterocycles. The van der Waals surface area contributed by atoms with Crippen molar-refractivity contribution in [2.45, 2.75) is 43.0 Å². The monoisotopic (exact) mass is 354 g/mol. The molecule has 23 heavy (non-hydrogen) atoms. The summed E-state index contributed by atoms with van der Waals surface area (Å²) < 4.78 is 72.5. The standard InChI is InChI=1S/C13H17F3N2O4S/c1-4-22-11(19)10-9(14)8(5-18(10)3)23(20,21)17-12(2)6-13(15,16)7-12/h5,17H,4,6-7H2,1-3H3. The van der Waals surface area contributed by atoms with Gasteiger partial charge >= 0.3 is 5.97 Å². The Kier molecular flexibility index (Phi) is 4.27. The molecule has 0 amide bonds. The number of nitrogens with zero attached hydrogens (tertiary/aromatic N) is 1. The molecule has 1 fully saturated rings. The molecule has 6 nitrogen and oxygen atoms in total. The van der Waals surface area contributed by atoms with Gasteiger partial charge in [-0.25, -0.2) is 31.1 Å². The predicted octanol–water partition coefficient (Wildman–Crippen LogP) is 1.81. The largest absolute Gasteiger partial charge is 0.461 e. The van der Waals surface area contributed by atoms with E-state index in [0.29, 0.717) is 0 Å². The first-order chi connectivity index (χ1) is 10.4. The molecule has 0 atom stereocenters. The number of aromatic nitrogens is 1. The van der Waals surface area contributed by atoms with Gasteiger partial charge in [-0.3, -0.25) is 0 Å². The zero-order valence-electron chi connectivity index (χ0n) is 12.8. The van der Waals surface area contributed by atoms with Crippen molar-refractivity contribution in [3.05, 3.63) is 17.7 Å². The number of esters is 1. The molecule has 0 bridgehead atoms. The van der Waals surface area contributed by atoms with Gasteiger partial charge in [-0.15, -0.1) is 0 Å². The molecule has 1 N–H and O–H groups in total.